The Bertz CT molecular complexity index is 1430. The number of urea groups is 2. The molecule has 4 aromatic carbocycles. The summed E-state index contributed by atoms with van der Waals surface area (Å²) >= 11 is 12.0. The first-order chi connectivity index (χ1) is 18.4. The lowest BCUT2D eigenvalue weighted by atomic mass is 9.90. The number of amides is 4. The molecule has 0 spiro atoms. The van der Waals surface area contributed by atoms with Crippen molar-refractivity contribution < 1.29 is 9.59 Å². The molecule has 2 N–H and O–H groups in total. The van der Waals surface area contributed by atoms with E-state index in [0.29, 0.717) is 27.8 Å². The summed E-state index contributed by atoms with van der Waals surface area (Å²) in [4.78, 5) is 30.7. The van der Waals surface area contributed by atoms with Crippen LogP contribution in [0, 0.1) is 0 Å². The van der Waals surface area contributed by atoms with Gasteiger partial charge in [-0.15, -0.1) is 0 Å². The highest BCUT2D eigenvalue weighted by Gasteiger charge is 2.38. The number of hydrogen-bond acceptors (Lipinski definition) is 2. The zero-order valence-electron chi connectivity index (χ0n) is 20.6. The summed E-state index contributed by atoms with van der Waals surface area (Å²) in [6, 6.07) is 30.2. The van der Waals surface area contributed by atoms with E-state index in [1.807, 2.05) is 61.5 Å². The van der Waals surface area contributed by atoms with E-state index in [9.17, 15) is 9.59 Å². The van der Waals surface area contributed by atoms with E-state index < -0.39 is 0 Å². The SMILES string of the molecule is C[C@H]1C[C@H](N(C(=O)Nc2ccc(Cl)cc2)c2ccccc2)c2ccccc2N1C(=O)Nc1ccc(Cl)cc1. The van der Waals surface area contributed by atoms with Crippen molar-refractivity contribution in [3.05, 3.63) is 119 Å². The number of fused-ring (bicyclic) bond motifs is 1. The van der Waals surface area contributed by atoms with Crippen molar-refractivity contribution in [2.45, 2.75) is 25.4 Å². The molecule has 0 saturated carbocycles. The molecule has 192 valence electrons. The molecule has 5 rings (SSSR count). The minimum atomic E-state index is -0.310. The van der Waals surface area contributed by atoms with Crippen LogP contribution in [-0.2, 0) is 0 Å². The van der Waals surface area contributed by atoms with Gasteiger partial charge in [0.1, 0.15) is 0 Å². The Balaban J connectivity index is 1.49. The number of anilines is 4. The second-order valence-electron chi connectivity index (χ2n) is 9.11. The van der Waals surface area contributed by atoms with Gasteiger partial charge in [-0.05, 0) is 85.6 Å². The number of nitrogens with one attached hydrogen (secondary N) is 2. The molecule has 0 saturated heterocycles. The lowest BCUT2D eigenvalue weighted by molar-refractivity contribution is 0.251. The van der Waals surface area contributed by atoms with Gasteiger partial charge in [0.15, 0.2) is 0 Å². The van der Waals surface area contributed by atoms with Crippen molar-refractivity contribution in [2.24, 2.45) is 0 Å². The molecule has 6 nitrogen and oxygen atoms in total. The van der Waals surface area contributed by atoms with Gasteiger partial charge in [-0.3, -0.25) is 9.80 Å². The Morgan fingerprint density at radius 1 is 0.763 bits per heavy atom. The smallest absolute Gasteiger partial charge is 0.308 e. The quantitative estimate of drug-likeness (QED) is 0.270. The van der Waals surface area contributed by atoms with Gasteiger partial charge in [0, 0.05) is 33.1 Å². The van der Waals surface area contributed by atoms with Crippen molar-refractivity contribution in [1.29, 1.82) is 0 Å². The summed E-state index contributed by atoms with van der Waals surface area (Å²) in [5.41, 5.74) is 3.68. The summed E-state index contributed by atoms with van der Waals surface area (Å²) in [6.45, 7) is 1.99. The average Bonchev–Trinajstić information content (AvgIpc) is 2.92. The van der Waals surface area contributed by atoms with E-state index in [1.165, 1.54) is 0 Å². The van der Waals surface area contributed by atoms with Crippen LogP contribution in [0.2, 0.25) is 10.0 Å². The fraction of sp³-hybridized carbons (Fsp3) is 0.133. The molecule has 0 unspecified atom stereocenters. The normalized spacial score (nSPS) is 16.3. The molecule has 0 aromatic heterocycles. The van der Waals surface area contributed by atoms with Crippen LogP contribution >= 0.6 is 23.2 Å². The molecule has 0 radical (unpaired) electrons. The summed E-state index contributed by atoms with van der Waals surface area (Å²) < 4.78 is 0. The largest absolute Gasteiger partial charge is 0.326 e. The molecule has 1 aliphatic heterocycles. The molecular weight excluding hydrogens is 519 g/mol. The molecule has 1 aliphatic rings. The Labute approximate surface area is 231 Å². The van der Waals surface area contributed by atoms with Crippen LogP contribution in [0.15, 0.2) is 103 Å². The maximum absolute atomic E-state index is 13.8. The van der Waals surface area contributed by atoms with E-state index >= 15 is 0 Å². The standard InChI is InChI=1S/C30H26Cl2N4O2/c1-20-19-28(36(25-7-3-2-4-8-25)30(38)34-24-17-13-22(32)14-18-24)26-9-5-6-10-27(26)35(20)29(37)33-23-15-11-21(31)12-16-23/h2-18,20,28H,19H2,1H3,(H,33,37)(H,34,38)/t20-,28-/m0/s1. The molecule has 0 bridgehead atoms. The van der Waals surface area contributed by atoms with Crippen LogP contribution in [0.5, 0.6) is 0 Å². The van der Waals surface area contributed by atoms with E-state index in [1.54, 1.807) is 58.3 Å². The van der Waals surface area contributed by atoms with Gasteiger partial charge in [-0.1, -0.05) is 59.6 Å². The van der Waals surface area contributed by atoms with Gasteiger partial charge in [0.2, 0.25) is 0 Å². The summed E-state index contributed by atoms with van der Waals surface area (Å²) in [5.74, 6) is 0. The van der Waals surface area contributed by atoms with Gasteiger partial charge in [0.05, 0.1) is 11.7 Å². The van der Waals surface area contributed by atoms with Gasteiger partial charge >= 0.3 is 12.1 Å². The number of benzene rings is 4. The summed E-state index contributed by atoms with van der Waals surface area (Å²) in [5, 5.41) is 7.17. The molecule has 1 heterocycles. The van der Waals surface area contributed by atoms with Crippen molar-refractivity contribution in [3.8, 4) is 0 Å². The molecule has 0 aliphatic carbocycles. The number of rotatable bonds is 4. The fourth-order valence-electron chi connectivity index (χ4n) is 4.80. The van der Waals surface area contributed by atoms with E-state index in [4.69, 9.17) is 23.2 Å². The fourth-order valence-corrected chi connectivity index (χ4v) is 5.05. The first-order valence-corrected chi connectivity index (χ1v) is 13.0. The highest BCUT2D eigenvalue weighted by molar-refractivity contribution is 6.31. The number of carbonyl (C=O) groups is 2. The average molecular weight is 545 g/mol. The van der Waals surface area contributed by atoms with Crippen molar-refractivity contribution in [3.63, 3.8) is 0 Å². The van der Waals surface area contributed by atoms with Crippen molar-refractivity contribution in [2.75, 3.05) is 20.4 Å². The molecule has 4 aromatic rings. The van der Waals surface area contributed by atoms with E-state index in [0.717, 1.165) is 16.9 Å². The zero-order chi connectivity index (χ0) is 26.6. The van der Waals surface area contributed by atoms with Crippen LogP contribution in [0.25, 0.3) is 0 Å². The molecule has 2 atom stereocenters. The minimum absolute atomic E-state index is 0.197. The van der Waals surface area contributed by atoms with E-state index in [2.05, 4.69) is 10.6 Å². The Hall–Kier alpha value is -4.00. The monoisotopic (exact) mass is 544 g/mol. The summed E-state index contributed by atoms with van der Waals surface area (Å²) in [6.07, 6.45) is 0.536. The lowest BCUT2D eigenvalue weighted by Crippen LogP contribution is -2.49. The predicted molar refractivity (Wildman–Crippen MR) is 156 cm³/mol. The van der Waals surface area contributed by atoms with E-state index in [-0.39, 0.29) is 24.1 Å². The van der Waals surface area contributed by atoms with Gasteiger partial charge in [-0.25, -0.2) is 9.59 Å². The Morgan fingerprint density at radius 2 is 1.32 bits per heavy atom. The number of hydrogen-bond donors (Lipinski definition) is 2. The van der Waals surface area contributed by atoms with Gasteiger partial charge in [-0.2, -0.15) is 0 Å². The topological polar surface area (TPSA) is 64.7 Å². The Morgan fingerprint density at radius 3 is 1.95 bits per heavy atom. The number of halogens is 2. The second kappa shape index (κ2) is 11.2. The second-order valence-corrected chi connectivity index (χ2v) is 9.98. The molecular formula is C30H26Cl2N4O2. The molecule has 38 heavy (non-hydrogen) atoms. The predicted octanol–water partition coefficient (Wildman–Crippen LogP) is 8.60. The van der Waals surface area contributed by atoms with Crippen LogP contribution < -0.4 is 20.4 Å². The van der Waals surface area contributed by atoms with Gasteiger partial charge in [0.25, 0.3) is 0 Å². The van der Waals surface area contributed by atoms with Gasteiger partial charge < -0.3 is 10.6 Å². The number of carbonyl (C=O) groups excluding carboxylic acids is 2. The van der Waals surface area contributed by atoms with Crippen molar-refractivity contribution in [1.82, 2.24) is 0 Å². The summed E-state index contributed by atoms with van der Waals surface area (Å²) in [7, 11) is 0. The third-order valence-electron chi connectivity index (χ3n) is 6.54. The van der Waals surface area contributed by atoms with Crippen molar-refractivity contribution >= 4 is 58.0 Å². The van der Waals surface area contributed by atoms with Crippen LogP contribution in [0.3, 0.4) is 0 Å². The number of para-hydroxylation sites is 2. The minimum Gasteiger partial charge on any atom is -0.308 e. The van der Waals surface area contributed by atoms with Crippen LogP contribution in [0.1, 0.15) is 24.9 Å². The lowest BCUT2D eigenvalue weighted by Gasteiger charge is -2.43. The van der Waals surface area contributed by atoms with Crippen LogP contribution in [0.4, 0.5) is 32.3 Å². The highest BCUT2D eigenvalue weighted by atomic mass is 35.5. The molecule has 8 heteroatoms. The third kappa shape index (κ3) is 5.47. The third-order valence-corrected chi connectivity index (χ3v) is 7.04. The maximum Gasteiger partial charge on any atom is 0.326 e. The van der Waals surface area contributed by atoms with Crippen LogP contribution in [-0.4, -0.2) is 18.1 Å². The molecule has 0 fully saturated rings. The first-order valence-electron chi connectivity index (χ1n) is 12.3. The Kier molecular flexibility index (Phi) is 7.54. The molecule has 4 amide bonds. The number of nitrogens with zero attached hydrogens (tertiary/aromatic N) is 2. The highest BCUT2D eigenvalue weighted by Crippen LogP contribution is 2.42. The maximum atomic E-state index is 13.8. The zero-order valence-corrected chi connectivity index (χ0v) is 22.2. The first kappa shape index (κ1) is 25.6.